The van der Waals surface area contributed by atoms with Gasteiger partial charge in [-0.1, -0.05) is 0 Å². The van der Waals surface area contributed by atoms with E-state index in [2.05, 4.69) is 24.2 Å². The van der Waals surface area contributed by atoms with Crippen LogP contribution in [0, 0.1) is 0 Å². The molecule has 56 valence electrons. The van der Waals surface area contributed by atoms with Crippen LogP contribution in [0.2, 0.25) is 22.5 Å². The van der Waals surface area contributed by atoms with Crippen LogP contribution in [0.4, 0.5) is 0 Å². The normalized spacial score (nSPS) is 15.7. The molecule has 0 saturated heterocycles. The third-order valence-electron chi connectivity index (χ3n) is 1.29. The molecule has 1 atom stereocenters. The van der Waals surface area contributed by atoms with Crippen molar-refractivity contribution in [3.05, 3.63) is 0 Å². The van der Waals surface area contributed by atoms with Crippen LogP contribution in [0.3, 0.4) is 0 Å². The molecule has 0 radical (unpaired) electrons. The van der Waals surface area contributed by atoms with Gasteiger partial charge in [-0.25, -0.2) is 0 Å². The Morgan fingerprint density at radius 1 is 1.33 bits per heavy atom. The van der Waals surface area contributed by atoms with E-state index in [4.69, 9.17) is 11.6 Å². The molecular weight excluding hydrogens is 192 g/mol. The van der Waals surface area contributed by atoms with Crippen molar-refractivity contribution in [3.63, 3.8) is 0 Å². The molecule has 0 spiro atoms. The molecule has 0 nitrogen and oxygen atoms in total. The van der Waals surface area contributed by atoms with Gasteiger partial charge in [-0.3, -0.25) is 0 Å². The van der Waals surface area contributed by atoms with Crippen molar-refractivity contribution in [3.8, 4) is 0 Å². The van der Waals surface area contributed by atoms with E-state index in [0.29, 0.717) is 5.38 Å². The van der Waals surface area contributed by atoms with Gasteiger partial charge in [-0.15, -0.1) is 0 Å². The van der Waals surface area contributed by atoms with Crippen molar-refractivity contribution < 1.29 is 0 Å². The summed E-state index contributed by atoms with van der Waals surface area (Å²) in [6, 6.07) is 0. The zero-order valence-corrected chi connectivity index (χ0v) is 9.72. The molecule has 1 unspecified atom stereocenters. The van der Waals surface area contributed by atoms with Crippen LogP contribution in [0.1, 0.15) is 13.3 Å². The first kappa shape index (κ1) is 9.83. The Labute approximate surface area is 66.3 Å². The van der Waals surface area contributed by atoms with Crippen molar-refractivity contribution in [2.24, 2.45) is 0 Å². The second kappa shape index (κ2) is 3.87. The fraction of sp³-hybridized carbons (Fsp3) is 1.00. The SMILES string of the molecule is CC(Cl)C[CH2][Ge]([CH3])([CH3])[CH3]. The van der Waals surface area contributed by atoms with Gasteiger partial charge < -0.3 is 0 Å². The predicted molar refractivity (Wildman–Crippen MR) is 48.1 cm³/mol. The molecule has 0 aromatic carbocycles. The topological polar surface area (TPSA) is 0 Å². The third kappa shape index (κ3) is 8.83. The van der Waals surface area contributed by atoms with Gasteiger partial charge in [-0.2, -0.15) is 0 Å². The van der Waals surface area contributed by atoms with Crippen LogP contribution in [0.15, 0.2) is 0 Å². The molecule has 0 heterocycles. The van der Waals surface area contributed by atoms with Gasteiger partial charge in [0.15, 0.2) is 0 Å². The molecule has 0 aliphatic carbocycles. The van der Waals surface area contributed by atoms with Crippen LogP contribution in [-0.2, 0) is 0 Å². The summed E-state index contributed by atoms with van der Waals surface area (Å²) in [4.78, 5) is 0. The number of alkyl halides is 1. The summed E-state index contributed by atoms with van der Waals surface area (Å²) in [6.45, 7) is 2.08. The summed E-state index contributed by atoms with van der Waals surface area (Å²) in [5.41, 5.74) is 0. The standard InChI is InChI=1S/C7H17ClGe/c1-7(8)5-6-9(2,3)4/h7H,5-6H2,1-4H3. The summed E-state index contributed by atoms with van der Waals surface area (Å²) in [5, 5.41) is 1.79. The molecule has 0 bridgehead atoms. The maximum atomic E-state index is 5.81. The van der Waals surface area contributed by atoms with Gasteiger partial charge in [-0.05, 0) is 0 Å². The average molecular weight is 209 g/mol. The molecule has 0 aliphatic heterocycles. The van der Waals surface area contributed by atoms with Gasteiger partial charge in [0.1, 0.15) is 0 Å². The van der Waals surface area contributed by atoms with Crippen LogP contribution in [0.25, 0.3) is 0 Å². The molecular formula is C7H17ClGe. The zero-order valence-electron chi connectivity index (χ0n) is 6.87. The first-order valence-electron chi connectivity index (χ1n) is 3.56. The summed E-state index contributed by atoms with van der Waals surface area (Å²) >= 11 is 4.57. The Morgan fingerprint density at radius 3 is 1.89 bits per heavy atom. The van der Waals surface area contributed by atoms with E-state index in [0.717, 1.165) is 0 Å². The second-order valence-corrected chi connectivity index (χ2v) is 16.4. The minimum absolute atomic E-state index is 0.384. The van der Waals surface area contributed by atoms with Gasteiger partial charge in [0, 0.05) is 0 Å². The second-order valence-electron chi connectivity index (χ2n) is 3.88. The van der Waals surface area contributed by atoms with Crippen LogP contribution < -0.4 is 0 Å². The van der Waals surface area contributed by atoms with Crippen LogP contribution in [-0.4, -0.2) is 18.6 Å². The van der Waals surface area contributed by atoms with E-state index in [1.54, 1.807) is 0 Å². The molecule has 0 aromatic heterocycles. The van der Waals surface area contributed by atoms with Crippen LogP contribution >= 0.6 is 11.6 Å². The molecule has 2 heteroatoms. The molecule has 0 saturated carbocycles. The Hall–Kier alpha value is 0.833. The van der Waals surface area contributed by atoms with E-state index >= 15 is 0 Å². The van der Waals surface area contributed by atoms with Gasteiger partial charge in [0.25, 0.3) is 0 Å². The fourth-order valence-corrected chi connectivity index (χ4v) is 3.85. The van der Waals surface area contributed by atoms with E-state index in [1.165, 1.54) is 11.7 Å². The van der Waals surface area contributed by atoms with Gasteiger partial charge >= 0.3 is 66.1 Å². The van der Waals surface area contributed by atoms with Crippen molar-refractivity contribution in [2.45, 2.75) is 41.2 Å². The van der Waals surface area contributed by atoms with Crippen molar-refractivity contribution in [2.75, 3.05) is 0 Å². The molecule has 0 amide bonds. The van der Waals surface area contributed by atoms with Gasteiger partial charge in [0.05, 0.1) is 0 Å². The number of hydrogen-bond acceptors (Lipinski definition) is 0. The molecule has 0 rings (SSSR count). The summed E-state index contributed by atoms with van der Waals surface area (Å²) in [5.74, 6) is 7.29. The fourth-order valence-electron chi connectivity index (χ4n) is 0.632. The molecule has 9 heavy (non-hydrogen) atoms. The average Bonchev–Trinajstić information content (AvgIpc) is 1.59. The quantitative estimate of drug-likeness (QED) is 0.494. The Balaban J connectivity index is 3.28. The van der Waals surface area contributed by atoms with E-state index in [1.807, 2.05) is 0 Å². The zero-order chi connectivity index (χ0) is 7.49. The number of hydrogen-bond donors (Lipinski definition) is 0. The predicted octanol–water partition coefficient (Wildman–Crippen LogP) is 3.34. The summed E-state index contributed by atoms with van der Waals surface area (Å²) in [7, 11) is 0. The first-order valence-corrected chi connectivity index (χ1v) is 11.8. The maximum absolute atomic E-state index is 5.81. The molecule has 0 N–H and O–H groups in total. The monoisotopic (exact) mass is 210 g/mol. The number of halogens is 1. The number of rotatable bonds is 3. The van der Waals surface area contributed by atoms with E-state index < -0.39 is 13.3 Å². The van der Waals surface area contributed by atoms with Gasteiger partial charge in [0.2, 0.25) is 0 Å². The first-order chi connectivity index (χ1) is 3.92. The van der Waals surface area contributed by atoms with Crippen LogP contribution in [0.5, 0.6) is 0 Å². The Kier molecular flexibility index (Phi) is 4.23. The van der Waals surface area contributed by atoms with E-state index in [9.17, 15) is 0 Å². The van der Waals surface area contributed by atoms with Crippen molar-refractivity contribution in [1.82, 2.24) is 0 Å². The Bertz CT molecular complexity index is 73.5. The van der Waals surface area contributed by atoms with Crippen molar-refractivity contribution in [1.29, 1.82) is 0 Å². The molecule has 0 fully saturated rings. The Morgan fingerprint density at radius 2 is 1.78 bits per heavy atom. The minimum atomic E-state index is -1.24. The molecule has 0 aromatic rings. The van der Waals surface area contributed by atoms with E-state index in [-0.39, 0.29) is 0 Å². The third-order valence-corrected chi connectivity index (χ3v) is 5.26. The molecule has 0 aliphatic rings. The van der Waals surface area contributed by atoms with Crippen molar-refractivity contribution >= 4 is 24.9 Å². The summed E-state index contributed by atoms with van der Waals surface area (Å²) in [6.07, 6.45) is 1.21. The summed E-state index contributed by atoms with van der Waals surface area (Å²) < 4.78 is 0.